The minimum absolute atomic E-state index is 0.229. The lowest BCUT2D eigenvalue weighted by Crippen LogP contribution is -2.65. The van der Waals surface area contributed by atoms with Crippen LogP contribution in [0.15, 0.2) is 121 Å². The van der Waals surface area contributed by atoms with Gasteiger partial charge in [-0.3, -0.25) is 4.79 Å². The highest BCUT2D eigenvalue weighted by Crippen LogP contribution is 2.30. The Hall–Kier alpha value is -3.85. The van der Waals surface area contributed by atoms with E-state index in [1.807, 2.05) is 121 Å². The van der Waals surface area contributed by atoms with Gasteiger partial charge in [-0.05, 0) is 22.3 Å². The molecule has 4 aromatic rings. The highest BCUT2D eigenvalue weighted by molar-refractivity contribution is 5.73. The number of nitrogens with one attached hydrogen (secondary N) is 1. The predicted molar refractivity (Wildman–Crippen MR) is 164 cm³/mol. The summed E-state index contributed by atoms with van der Waals surface area (Å²) in [5.41, 5.74) is 4.10. The van der Waals surface area contributed by atoms with Crippen molar-refractivity contribution in [3.8, 4) is 0 Å². The van der Waals surface area contributed by atoms with Gasteiger partial charge in [0.1, 0.15) is 24.4 Å². The maximum atomic E-state index is 12.4. The molecule has 5 rings (SSSR count). The third kappa shape index (κ3) is 9.32. The summed E-state index contributed by atoms with van der Waals surface area (Å²) in [7, 11) is 0. The second-order valence-electron chi connectivity index (χ2n) is 10.6. The summed E-state index contributed by atoms with van der Waals surface area (Å²) in [5.74, 6) is -0.229. The maximum absolute atomic E-state index is 12.4. The Labute approximate surface area is 253 Å². The zero-order chi connectivity index (χ0) is 29.7. The zero-order valence-electron chi connectivity index (χ0n) is 24.4. The molecule has 0 spiro atoms. The highest BCUT2D eigenvalue weighted by Gasteiger charge is 2.48. The van der Waals surface area contributed by atoms with Gasteiger partial charge < -0.3 is 29.0 Å². The normalized spacial score (nSPS) is 21.7. The first kappa shape index (κ1) is 30.6. The molecule has 1 fully saturated rings. The number of carbonyl (C=O) groups is 1. The Balaban J connectivity index is 1.42. The predicted octanol–water partition coefficient (Wildman–Crippen LogP) is 5.82. The maximum Gasteiger partial charge on any atom is 0.218 e. The van der Waals surface area contributed by atoms with Crippen molar-refractivity contribution >= 4 is 5.91 Å². The van der Waals surface area contributed by atoms with Gasteiger partial charge >= 0.3 is 0 Å². The summed E-state index contributed by atoms with van der Waals surface area (Å²) in [4.78, 5) is 12.4. The first-order chi connectivity index (χ1) is 21.2. The van der Waals surface area contributed by atoms with E-state index in [1.165, 1.54) is 6.92 Å². The van der Waals surface area contributed by atoms with Crippen molar-refractivity contribution in [1.82, 2.24) is 5.32 Å². The molecule has 224 valence electrons. The third-order valence-corrected chi connectivity index (χ3v) is 7.23. The van der Waals surface area contributed by atoms with Gasteiger partial charge in [-0.2, -0.15) is 0 Å². The van der Waals surface area contributed by atoms with E-state index in [4.69, 9.17) is 23.7 Å². The van der Waals surface area contributed by atoms with Crippen LogP contribution in [0.4, 0.5) is 0 Å². The molecular weight excluding hydrogens is 542 g/mol. The van der Waals surface area contributed by atoms with Crippen molar-refractivity contribution in [3.05, 3.63) is 144 Å². The Morgan fingerprint density at radius 2 is 0.977 bits per heavy atom. The van der Waals surface area contributed by atoms with Gasteiger partial charge in [-0.1, -0.05) is 121 Å². The Bertz CT molecular complexity index is 1360. The molecule has 0 aromatic heterocycles. The van der Waals surface area contributed by atoms with Crippen LogP contribution in [0.5, 0.6) is 0 Å². The SMILES string of the molecule is CC(=O)N[C@H]1O[C@H](COCc2ccccc2)[C@@H](OCc2ccccc2)[C@H](OCc2ccccc2)[C@H]1OCc1ccccc1. The molecule has 1 N–H and O–H groups in total. The van der Waals surface area contributed by atoms with Crippen LogP contribution in [0.25, 0.3) is 0 Å². The van der Waals surface area contributed by atoms with Crippen molar-refractivity contribution in [2.75, 3.05) is 6.61 Å². The highest BCUT2D eigenvalue weighted by atomic mass is 16.6. The van der Waals surface area contributed by atoms with E-state index in [2.05, 4.69) is 5.32 Å². The molecule has 1 saturated heterocycles. The lowest BCUT2D eigenvalue weighted by atomic mass is 9.96. The number of rotatable bonds is 14. The molecule has 0 radical (unpaired) electrons. The average molecular weight is 582 g/mol. The second kappa shape index (κ2) is 16.1. The van der Waals surface area contributed by atoms with Crippen molar-refractivity contribution in [1.29, 1.82) is 0 Å². The molecule has 0 saturated carbocycles. The van der Waals surface area contributed by atoms with Gasteiger partial charge in [0.15, 0.2) is 6.23 Å². The fraction of sp³-hybridized carbons (Fsp3) is 0.306. The largest absolute Gasteiger partial charge is 0.374 e. The molecule has 5 atom stereocenters. The summed E-state index contributed by atoms with van der Waals surface area (Å²) >= 11 is 0. The van der Waals surface area contributed by atoms with Gasteiger partial charge in [0.2, 0.25) is 5.91 Å². The van der Waals surface area contributed by atoms with Gasteiger partial charge in [0.05, 0.1) is 33.0 Å². The second-order valence-corrected chi connectivity index (χ2v) is 10.6. The van der Waals surface area contributed by atoms with E-state index in [1.54, 1.807) is 0 Å². The number of amides is 1. The molecular formula is C36H39NO6. The van der Waals surface area contributed by atoms with Crippen LogP contribution in [0.2, 0.25) is 0 Å². The average Bonchev–Trinajstić information content (AvgIpc) is 3.04. The van der Waals surface area contributed by atoms with Crippen molar-refractivity contribution in [3.63, 3.8) is 0 Å². The van der Waals surface area contributed by atoms with Crippen molar-refractivity contribution < 1.29 is 28.5 Å². The lowest BCUT2D eigenvalue weighted by molar-refractivity contribution is -0.277. The molecule has 0 bridgehead atoms. The Kier molecular flexibility index (Phi) is 11.5. The van der Waals surface area contributed by atoms with Crippen LogP contribution in [0.1, 0.15) is 29.2 Å². The number of hydrogen-bond acceptors (Lipinski definition) is 6. The van der Waals surface area contributed by atoms with Gasteiger partial charge in [0, 0.05) is 6.92 Å². The topological polar surface area (TPSA) is 75.3 Å². The molecule has 0 unspecified atom stereocenters. The summed E-state index contributed by atoms with van der Waals surface area (Å²) in [6.45, 7) is 3.13. The van der Waals surface area contributed by atoms with Crippen LogP contribution in [-0.4, -0.2) is 43.2 Å². The number of benzene rings is 4. The monoisotopic (exact) mass is 581 g/mol. The standard InChI is InChI=1S/C36H39NO6/c1-27(38)37-36-35(42-25-31-20-12-5-13-21-31)34(41-24-30-18-10-4-11-19-30)33(40-23-29-16-8-3-9-17-29)32(43-36)26-39-22-28-14-6-2-7-15-28/h2-21,32-36H,22-26H2,1H3,(H,37,38)/t32-,33-,34+,35-,36+/m1/s1. The van der Waals surface area contributed by atoms with Crippen molar-refractivity contribution in [2.24, 2.45) is 0 Å². The molecule has 7 heteroatoms. The molecule has 0 aliphatic carbocycles. The summed E-state index contributed by atoms with van der Waals surface area (Å²) in [5, 5.41) is 2.95. The van der Waals surface area contributed by atoms with E-state index >= 15 is 0 Å². The summed E-state index contributed by atoms with van der Waals surface area (Å²) in [6, 6.07) is 39.8. The lowest BCUT2D eigenvalue weighted by Gasteiger charge is -2.46. The third-order valence-electron chi connectivity index (χ3n) is 7.23. The molecule has 7 nitrogen and oxygen atoms in total. The summed E-state index contributed by atoms with van der Waals surface area (Å²) in [6.07, 6.45) is -3.10. The minimum atomic E-state index is -0.774. The van der Waals surface area contributed by atoms with E-state index in [0.29, 0.717) is 26.4 Å². The Morgan fingerprint density at radius 3 is 1.42 bits per heavy atom. The fourth-order valence-corrected chi connectivity index (χ4v) is 5.11. The zero-order valence-corrected chi connectivity index (χ0v) is 24.4. The first-order valence-electron chi connectivity index (χ1n) is 14.7. The van der Waals surface area contributed by atoms with Crippen LogP contribution in [-0.2, 0) is 54.9 Å². The van der Waals surface area contributed by atoms with E-state index < -0.39 is 30.6 Å². The molecule has 4 aromatic carbocycles. The van der Waals surface area contributed by atoms with Gasteiger partial charge in [0.25, 0.3) is 0 Å². The van der Waals surface area contributed by atoms with Crippen LogP contribution < -0.4 is 5.32 Å². The number of hydrogen-bond donors (Lipinski definition) is 1. The quantitative estimate of drug-likeness (QED) is 0.202. The van der Waals surface area contributed by atoms with Gasteiger partial charge in [-0.25, -0.2) is 0 Å². The van der Waals surface area contributed by atoms with Crippen LogP contribution in [0.3, 0.4) is 0 Å². The smallest absolute Gasteiger partial charge is 0.218 e. The molecule has 43 heavy (non-hydrogen) atoms. The van der Waals surface area contributed by atoms with Crippen LogP contribution in [0, 0.1) is 0 Å². The molecule has 1 aliphatic rings. The number of carbonyl (C=O) groups excluding carboxylic acids is 1. The molecule has 1 amide bonds. The molecule has 1 heterocycles. The fourth-order valence-electron chi connectivity index (χ4n) is 5.11. The van der Waals surface area contributed by atoms with Crippen LogP contribution >= 0.6 is 0 Å². The Morgan fingerprint density at radius 1 is 0.581 bits per heavy atom. The van der Waals surface area contributed by atoms with E-state index in [9.17, 15) is 4.79 Å². The summed E-state index contributed by atoms with van der Waals surface area (Å²) < 4.78 is 32.4. The minimum Gasteiger partial charge on any atom is -0.374 e. The van der Waals surface area contributed by atoms with Crippen molar-refractivity contribution in [2.45, 2.75) is 64.0 Å². The first-order valence-corrected chi connectivity index (χ1v) is 14.7. The number of ether oxygens (including phenoxy) is 5. The molecule has 1 aliphatic heterocycles. The van der Waals surface area contributed by atoms with E-state index in [-0.39, 0.29) is 12.5 Å². The van der Waals surface area contributed by atoms with Gasteiger partial charge in [-0.15, -0.1) is 0 Å². The van der Waals surface area contributed by atoms with E-state index in [0.717, 1.165) is 22.3 Å².